The molecule has 0 saturated carbocycles. The molecule has 3 nitrogen and oxygen atoms in total. The van der Waals surface area contributed by atoms with Gasteiger partial charge in [0.25, 0.3) is 0 Å². The molecule has 0 fully saturated rings. The van der Waals surface area contributed by atoms with Gasteiger partial charge in [0.2, 0.25) is 0 Å². The summed E-state index contributed by atoms with van der Waals surface area (Å²) < 4.78 is 305. The van der Waals surface area contributed by atoms with E-state index in [0.29, 0.717) is 17.5 Å². The van der Waals surface area contributed by atoms with Crippen LogP contribution in [-0.2, 0) is 6.16 Å². The zero-order valence-corrected chi connectivity index (χ0v) is 39.4. The van der Waals surface area contributed by atoms with E-state index in [-0.39, 0.29) is 5.63 Å². The number of halogens is 20. The Kier molecular flexibility index (Phi) is 15.4. The van der Waals surface area contributed by atoms with Crippen molar-refractivity contribution in [2.45, 2.75) is 6.16 Å². The molecule has 0 spiro atoms. The lowest BCUT2D eigenvalue weighted by atomic mass is 9.12. The van der Waals surface area contributed by atoms with Crippen LogP contribution in [0, 0.1) is 116 Å². The Morgan fingerprint density at radius 2 is 0.641 bits per heavy atom. The van der Waals surface area contributed by atoms with Crippen molar-refractivity contribution in [3.8, 4) is 5.75 Å². The van der Waals surface area contributed by atoms with Gasteiger partial charge in [-0.1, -0.05) is 54.6 Å². The molecule has 0 radical (unpaired) electrons. The summed E-state index contributed by atoms with van der Waals surface area (Å²) in [5.74, 6) is -70.7. The summed E-state index contributed by atoms with van der Waals surface area (Å²) in [4.78, 5) is 12.6. The first kappa shape index (κ1) is 56.1. The fraction of sp³-hybridized carbons (Fsp3) is 0.0377. The van der Waals surface area contributed by atoms with Crippen molar-refractivity contribution < 1.29 is 97.0 Å². The number of hydrogen-bond acceptors (Lipinski definition) is 3. The fourth-order valence-corrected chi connectivity index (χ4v) is 13.6. The minimum absolute atomic E-state index is 0.349. The van der Waals surface area contributed by atoms with Crippen LogP contribution in [0.15, 0.2) is 124 Å². The van der Waals surface area contributed by atoms with E-state index in [9.17, 15) is 57.5 Å². The maximum Gasteiger partial charge on any atom is 0.336 e. The molecule has 25 heteroatoms. The summed E-state index contributed by atoms with van der Waals surface area (Å²) in [6.07, 6.45) is -6.51. The molecule has 0 bridgehead atoms. The average Bonchev–Trinajstić information content (AvgIpc) is 3.59. The second kappa shape index (κ2) is 21.4. The predicted molar refractivity (Wildman–Crippen MR) is 247 cm³/mol. The Morgan fingerprint density at radius 3 is 0.910 bits per heavy atom. The van der Waals surface area contributed by atoms with Gasteiger partial charge < -0.3 is 9.15 Å². The molecule has 1 aromatic heterocycles. The zero-order valence-electron chi connectivity index (χ0n) is 38.5. The van der Waals surface area contributed by atoms with Gasteiger partial charge in [-0.25, -0.2) is 92.6 Å². The number of ether oxygens (including phenoxy) is 1. The summed E-state index contributed by atoms with van der Waals surface area (Å²) in [6.45, 7) is 0. The molecule has 0 atom stereocenters. The van der Waals surface area contributed by atoms with E-state index in [4.69, 9.17) is 9.15 Å². The van der Waals surface area contributed by atoms with Crippen LogP contribution in [-0.4, -0.2) is 13.3 Å². The van der Waals surface area contributed by atoms with Gasteiger partial charge in [0.1, 0.15) is 87.2 Å². The molecule has 0 saturated heterocycles. The molecule has 9 aromatic rings. The maximum absolute atomic E-state index is 15.4. The van der Waals surface area contributed by atoms with Crippen molar-refractivity contribution in [2.24, 2.45) is 0 Å². The molecule has 0 N–H and O–H groups in total. The molecule has 9 rings (SSSR count). The van der Waals surface area contributed by atoms with Crippen molar-refractivity contribution in [2.75, 3.05) is 7.11 Å². The highest BCUT2D eigenvalue weighted by atomic mass is 31.2. The SMILES string of the molecule is COc1ccc2c(C[P+](c3ccccc3)(c3ccccc3)c3ccccc3)cc(=O)oc2c1.Fc1c(F)c(F)c([B-](c2c(F)c(F)c(F)c(F)c2F)(c2c(F)c(F)c(F)c(F)c2F)c2c(F)c(F)c(F)c(F)c2F)c(F)c1F. The summed E-state index contributed by atoms with van der Waals surface area (Å²) in [7, 11) is -0.519. The van der Waals surface area contributed by atoms with E-state index < -0.39 is 152 Å². The minimum atomic E-state index is -7.22. The standard InChI is InChI=1S/C29H24O3P.C24BF20/c1-31-23-17-18-27-22(19-29(30)32-28(27)20-23)21-33(24-11-5-2-6-12-24,25-13-7-3-8-14-25)26-15-9-4-10-16-26;26-5-1(6(27)14(35)21(42)13(5)34)25(2-7(28)15(36)22(43)16(37)8(2)29,3-9(30)17(38)23(44)18(39)10(3)31)4-11(32)19(40)24(45)20(41)12(4)33/h2-20H,21H2,1H3;/q+1;-1. The highest BCUT2D eigenvalue weighted by Crippen LogP contribution is 2.58. The van der Waals surface area contributed by atoms with Crippen molar-refractivity contribution in [3.05, 3.63) is 248 Å². The normalized spacial score (nSPS) is 11.8. The first-order valence-corrected chi connectivity index (χ1v) is 23.8. The molecule has 0 aliphatic heterocycles. The number of methoxy groups -OCH3 is 1. The monoisotopic (exact) mass is 1130 g/mol. The van der Waals surface area contributed by atoms with Gasteiger partial charge in [-0.2, -0.15) is 0 Å². The first-order valence-electron chi connectivity index (χ1n) is 21.8. The van der Waals surface area contributed by atoms with E-state index in [2.05, 4.69) is 72.8 Å². The Labute approximate surface area is 424 Å². The largest absolute Gasteiger partial charge is 0.497 e. The van der Waals surface area contributed by atoms with E-state index in [1.54, 1.807) is 19.2 Å². The molecule has 0 aliphatic rings. The lowest BCUT2D eigenvalue weighted by molar-refractivity contribution is 0.378. The molecule has 402 valence electrons. The molecule has 78 heavy (non-hydrogen) atoms. The van der Waals surface area contributed by atoms with Crippen molar-refractivity contribution in [1.82, 2.24) is 0 Å². The third kappa shape index (κ3) is 8.78. The number of fused-ring (bicyclic) bond motifs is 1. The lowest BCUT2D eigenvalue weighted by Crippen LogP contribution is -2.81. The molecular weight excluding hydrogens is 1110 g/mol. The Bertz CT molecular complexity index is 3430. The molecule has 8 aromatic carbocycles. The second-order valence-electron chi connectivity index (χ2n) is 16.7. The third-order valence-corrected chi connectivity index (χ3v) is 17.1. The predicted octanol–water partition coefficient (Wildman–Crippen LogP) is 11.1. The Balaban J connectivity index is 0.000000215. The van der Waals surface area contributed by atoms with Crippen LogP contribution in [0.1, 0.15) is 5.56 Å². The number of benzene rings is 8. The quantitative estimate of drug-likeness (QED) is 0.0342. The fourth-order valence-electron chi connectivity index (χ4n) is 9.37. The summed E-state index contributed by atoms with van der Waals surface area (Å²) in [5, 5.41) is 4.76. The highest BCUT2D eigenvalue weighted by molar-refractivity contribution is 7.95. The van der Waals surface area contributed by atoms with Crippen LogP contribution in [0.4, 0.5) is 87.8 Å². The summed E-state index contributed by atoms with van der Waals surface area (Å²) in [6, 6.07) is 39.3. The van der Waals surface area contributed by atoms with Gasteiger partial charge in [-0.3, -0.25) is 0 Å². The molecule has 1 heterocycles. The third-order valence-electron chi connectivity index (χ3n) is 12.7. The Hall–Kier alpha value is -8.14. The maximum atomic E-state index is 15.4. The van der Waals surface area contributed by atoms with Gasteiger partial charge in [-0.05, 0) is 48.5 Å². The second-order valence-corrected chi connectivity index (χ2v) is 20.2. The van der Waals surface area contributed by atoms with E-state index in [1.165, 1.54) is 15.9 Å². The van der Waals surface area contributed by atoms with Crippen LogP contribution in [0.3, 0.4) is 0 Å². The van der Waals surface area contributed by atoms with E-state index in [0.717, 1.165) is 10.9 Å². The average molecular weight is 1130 g/mol. The first-order chi connectivity index (χ1) is 36.9. The Morgan fingerprint density at radius 1 is 0.372 bits per heavy atom. The van der Waals surface area contributed by atoms with E-state index >= 15 is 35.1 Å². The van der Waals surface area contributed by atoms with E-state index in [1.807, 2.05) is 30.3 Å². The van der Waals surface area contributed by atoms with Crippen LogP contribution >= 0.6 is 7.26 Å². The van der Waals surface area contributed by atoms with Crippen molar-refractivity contribution >= 4 is 62.1 Å². The number of hydrogen-bond donors (Lipinski definition) is 0. The van der Waals surface area contributed by atoms with Gasteiger partial charge in [0.15, 0.2) is 69.8 Å². The van der Waals surface area contributed by atoms with Crippen molar-refractivity contribution in [3.63, 3.8) is 0 Å². The topological polar surface area (TPSA) is 39.4 Å². The van der Waals surface area contributed by atoms with Crippen LogP contribution < -0.4 is 48.1 Å². The molecular formula is C53H24BF20O3P. The van der Waals surface area contributed by atoms with Gasteiger partial charge in [-0.15, -0.1) is 21.9 Å². The molecule has 0 amide bonds. The minimum Gasteiger partial charge on any atom is -0.497 e. The zero-order chi connectivity index (χ0) is 57.0. The van der Waals surface area contributed by atoms with Gasteiger partial charge in [0, 0.05) is 23.1 Å². The smallest absolute Gasteiger partial charge is 0.336 e. The van der Waals surface area contributed by atoms with Gasteiger partial charge >= 0.3 is 5.63 Å². The van der Waals surface area contributed by atoms with Crippen LogP contribution in [0.25, 0.3) is 11.0 Å². The number of rotatable bonds is 10. The lowest BCUT2D eigenvalue weighted by Gasteiger charge is -2.44. The molecule has 0 aliphatic carbocycles. The highest BCUT2D eigenvalue weighted by Gasteiger charge is 2.53. The molecule has 0 unspecified atom stereocenters. The van der Waals surface area contributed by atoms with Gasteiger partial charge in [0.05, 0.1) is 13.3 Å². The summed E-state index contributed by atoms with van der Waals surface area (Å²) in [5.41, 5.74) is -13.2. The van der Waals surface area contributed by atoms with Crippen molar-refractivity contribution in [1.29, 1.82) is 0 Å². The van der Waals surface area contributed by atoms with Crippen LogP contribution in [0.2, 0.25) is 0 Å². The van der Waals surface area contributed by atoms with Crippen LogP contribution in [0.5, 0.6) is 5.75 Å². The summed E-state index contributed by atoms with van der Waals surface area (Å²) >= 11 is 0.